The number of anilines is 1. The van der Waals surface area contributed by atoms with E-state index in [4.69, 9.17) is 5.11 Å². The maximum Gasteiger partial charge on any atom is 0.420 e. The quantitative estimate of drug-likeness (QED) is 0.879. The molecular formula is C10H10F3N3O2. The van der Waals surface area contributed by atoms with Crippen molar-refractivity contribution in [3.8, 4) is 0 Å². The number of nitrogens with zero attached hydrogens (tertiary/aromatic N) is 3. The minimum absolute atomic E-state index is 0.287. The van der Waals surface area contributed by atoms with Gasteiger partial charge in [-0.3, -0.25) is 0 Å². The zero-order chi connectivity index (χ0) is 13.3. The maximum atomic E-state index is 12.9. The third-order valence-corrected chi connectivity index (χ3v) is 2.70. The fourth-order valence-corrected chi connectivity index (χ4v) is 1.86. The molecule has 5 nitrogen and oxygen atoms in total. The zero-order valence-electron chi connectivity index (χ0n) is 9.24. The third kappa shape index (κ3) is 2.36. The number of rotatable bonds is 2. The first-order chi connectivity index (χ1) is 8.39. The van der Waals surface area contributed by atoms with Gasteiger partial charge in [-0.15, -0.1) is 10.2 Å². The predicted molar refractivity (Wildman–Crippen MR) is 55.4 cm³/mol. The Labute approximate surface area is 100 Å². The molecule has 18 heavy (non-hydrogen) atoms. The number of hydrogen-bond donors (Lipinski definition) is 1. The molecule has 1 N–H and O–H groups in total. The molecule has 2 rings (SSSR count). The largest absolute Gasteiger partial charge is 0.476 e. The molecule has 1 fully saturated rings. The summed E-state index contributed by atoms with van der Waals surface area (Å²) in [6.45, 7) is 0.953. The molecule has 1 aliphatic rings. The van der Waals surface area contributed by atoms with E-state index in [1.165, 1.54) is 4.90 Å². The van der Waals surface area contributed by atoms with Gasteiger partial charge >= 0.3 is 12.1 Å². The first kappa shape index (κ1) is 12.6. The number of alkyl halides is 3. The molecule has 1 aliphatic heterocycles. The lowest BCUT2D eigenvalue weighted by molar-refractivity contribution is -0.137. The van der Waals surface area contributed by atoms with Crippen molar-refractivity contribution in [2.45, 2.75) is 19.0 Å². The molecule has 0 unspecified atom stereocenters. The Balaban J connectivity index is 2.48. The van der Waals surface area contributed by atoms with E-state index in [0.717, 1.165) is 12.8 Å². The van der Waals surface area contributed by atoms with Gasteiger partial charge in [0.2, 0.25) is 0 Å². The van der Waals surface area contributed by atoms with Crippen LogP contribution in [0.4, 0.5) is 19.0 Å². The molecule has 2 heterocycles. The second kappa shape index (κ2) is 4.43. The lowest BCUT2D eigenvalue weighted by atomic mass is 10.2. The highest BCUT2D eigenvalue weighted by Crippen LogP contribution is 2.36. The molecule has 0 aromatic carbocycles. The molecular weight excluding hydrogens is 251 g/mol. The summed E-state index contributed by atoms with van der Waals surface area (Å²) in [5, 5.41) is 15.4. The van der Waals surface area contributed by atoms with Crippen LogP contribution >= 0.6 is 0 Å². The molecule has 0 spiro atoms. The fraction of sp³-hybridized carbons (Fsp3) is 0.500. The Morgan fingerprint density at radius 1 is 1.28 bits per heavy atom. The first-order valence-electron chi connectivity index (χ1n) is 5.33. The average Bonchev–Trinajstić information content (AvgIpc) is 2.80. The van der Waals surface area contributed by atoms with Crippen molar-refractivity contribution in [3.05, 3.63) is 17.3 Å². The van der Waals surface area contributed by atoms with Crippen LogP contribution in [0.2, 0.25) is 0 Å². The van der Waals surface area contributed by atoms with Crippen LogP contribution in [-0.2, 0) is 6.18 Å². The van der Waals surface area contributed by atoms with Gasteiger partial charge in [-0.25, -0.2) is 4.79 Å². The van der Waals surface area contributed by atoms with Crippen LogP contribution in [0.5, 0.6) is 0 Å². The average molecular weight is 261 g/mol. The fourth-order valence-electron chi connectivity index (χ4n) is 1.86. The Hall–Kier alpha value is -1.86. The van der Waals surface area contributed by atoms with Gasteiger partial charge in [0.1, 0.15) is 5.56 Å². The highest BCUT2D eigenvalue weighted by Gasteiger charge is 2.37. The minimum Gasteiger partial charge on any atom is -0.476 e. The molecule has 0 bridgehead atoms. The van der Waals surface area contributed by atoms with Crippen LogP contribution in [0.25, 0.3) is 0 Å². The second-order valence-electron chi connectivity index (χ2n) is 3.96. The lowest BCUT2D eigenvalue weighted by Crippen LogP contribution is -2.25. The standard InChI is InChI=1S/C10H10F3N3O2/c11-10(12,13)6-5-7(9(17)18)14-15-8(6)16-3-1-2-4-16/h5H,1-4H2,(H,17,18). The zero-order valence-corrected chi connectivity index (χ0v) is 9.24. The smallest absolute Gasteiger partial charge is 0.420 e. The van der Waals surface area contributed by atoms with E-state index in [-0.39, 0.29) is 5.82 Å². The second-order valence-corrected chi connectivity index (χ2v) is 3.96. The molecule has 0 radical (unpaired) electrons. The molecule has 98 valence electrons. The number of aromatic nitrogens is 2. The summed E-state index contributed by atoms with van der Waals surface area (Å²) in [4.78, 5) is 12.1. The highest BCUT2D eigenvalue weighted by atomic mass is 19.4. The van der Waals surface area contributed by atoms with Crippen LogP contribution in [0.3, 0.4) is 0 Å². The van der Waals surface area contributed by atoms with Crippen molar-refractivity contribution < 1.29 is 23.1 Å². The number of halogens is 3. The Morgan fingerprint density at radius 2 is 1.89 bits per heavy atom. The molecule has 0 saturated carbocycles. The summed E-state index contributed by atoms with van der Waals surface area (Å²) in [5.74, 6) is -1.81. The monoisotopic (exact) mass is 261 g/mol. The van der Waals surface area contributed by atoms with Crippen LogP contribution in [-0.4, -0.2) is 34.4 Å². The van der Waals surface area contributed by atoms with Crippen LogP contribution in [0, 0.1) is 0 Å². The van der Waals surface area contributed by atoms with Crippen molar-refractivity contribution in [1.82, 2.24) is 10.2 Å². The third-order valence-electron chi connectivity index (χ3n) is 2.70. The van der Waals surface area contributed by atoms with Crippen molar-refractivity contribution >= 4 is 11.8 Å². The van der Waals surface area contributed by atoms with Crippen LogP contribution < -0.4 is 4.90 Å². The van der Waals surface area contributed by atoms with E-state index in [1.54, 1.807) is 0 Å². The van der Waals surface area contributed by atoms with E-state index < -0.39 is 23.4 Å². The minimum atomic E-state index is -4.64. The van der Waals surface area contributed by atoms with E-state index in [0.29, 0.717) is 19.2 Å². The summed E-state index contributed by atoms with van der Waals surface area (Å²) in [7, 11) is 0. The Bertz CT molecular complexity index is 470. The van der Waals surface area contributed by atoms with Gasteiger partial charge in [0.15, 0.2) is 11.5 Å². The van der Waals surface area contributed by atoms with Crippen molar-refractivity contribution in [1.29, 1.82) is 0 Å². The highest BCUT2D eigenvalue weighted by molar-refractivity contribution is 5.85. The molecule has 1 aromatic rings. The predicted octanol–water partition coefficient (Wildman–Crippen LogP) is 1.79. The molecule has 0 amide bonds. The Morgan fingerprint density at radius 3 is 2.39 bits per heavy atom. The van der Waals surface area contributed by atoms with Gasteiger partial charge in [-0.05, 0) is 18.9 Å². The van der Waals surface area contributed by atoms with E-state index in [1.807, 2.05) is 0 Å². The number of carboxylic acid groups (broad SMARTS) is 1. The molecule has 1 aromatic heterocycles. The summed E-state index contributed by atoms with van der Waals surface area (Å²) < 4.78 is 38.6. The number of hydrogen-bond acceptors (Lipinski definition) is 4. The van der Waals surface area contributed by atoms with Crippen LogP contribution in [0.1, 0.15) is 28.9 Å². The van der Waals surface area contributed by atoms with Crippen molar-refractivity contribution in [3.63, 3.8) is 0 Å². The lowest BCUT2D eigenvalue weighted by Gasteiger charge is -2.20. The van der Waals surface area contributed by atoms with Crippen LogP contribution in [0.15, 0.2) is 6.07 Å². The van der Waals surface area contributed by atoms with E-state index in [9.17, 15) is 18.0 Å². The van der Waals surface area contributed by atoms with Crippen molar-refractivity contribution in [2.75, 3.05) is 18.0 Å². The molecule has 0 aliphatic carbocycles. The van der Waals surface area contributed by atoms with E-state index in [2.05, 4.69) is 10.2 Å². The number of carbonyl (C=O) groups is 1. The van der Waals surface area contributed by atoms with Gasteiger partial charge in [-0.1, -0.05) is 0 Å². The van der Waals surface area contributed by atoms with E-state index >= 15 is 0 Å². The molecule has 0 atom stereocenters. The normalized spacial score (nSPS) is 16.1. The SMILES string of the molecule is O=C(O)c1cc(C(F)(F)F)c(N2CCCC2)nn1. The summed E-state index contributed by atoms with van der Waals surface area (Å²) in [6.07, 6.45) is -3.06. The topological polar surface area (TPSA) is 66.3 Å². The van der Waals surface area contributed by atoms with Gasteiger partial charge in [0.05, 0.1) is 0 Å². The maximum absolute atomic E-state index is 12.9. The van der Waals surface area contributed by atoms with Gasteiger partial charge in [0.25, 0.3) is 0 Å². The summed E-state index contributed by atoms with van der Waals surface area (Å²) in [5.41, 5.74) is -1.75. The number of aromatic carboxylic acids is 1. The Kier molecular flexibility index (Phi) is 3.10. The van der Waals surface area contributed by atoms with Gasteiger partial charge in [-0.2, -0.15) is 13.2 Å². The van der Waals surface area contributed by atoms with Gasteiger partial charge in [0, 0.05) is 13.1 Å². The molecule has 1 saturated heterocycles. The first-order valence-corrected chi connectivity index (χ1v) is 5.33. The summed E-state index contributed by atoms with van der Waals surface area (Å²) >= 11 is 0. The number of carboxylic acids is 1. The molecule has 8 heteroatoms. The summed E-state index contributed by atoms with van der Waals surface area (Å²) in [6, 6.07) is 0.531. The van der Waals surface area contributed by atoms with Gasteiger partial charge < -0.3 is 10.0 Å². The van der Waals surface area contributed by atoms with Crippen molar-refractivity contribution in [2.24, 2.45) is 0 Å².